The Morgan fingerprint density at radius 3 is 2.77 bits per heavy atom. The Labute approximate surface area is 133 Å². The summed E-state index contributed by atoms with van der Waals surface area (Å²) < 4.78 is 1.78. The molecule has 114 valence electrons. The van der Waals surface area contributed by atoms with Crippen molar-refractivity contribution in [2.75, 3.05) is 26.4 Å². The molecule has 3 aromatic rings. The van der Waals surface area contributed by atoms with Crippen molar-refractivity contribution in [3.05, 3.63) is 41.6 Å². The van der Waals surface area contributed by atoms with E-state index in [1.54, 1.807) is 23.2 Å². The molecule has 0 fully saturated rings. The van der Waals surface area contributed by atoms with Crippen LogP contribution in [0.4, 0.5) is 5.69 Å². The van der Waals surface area contributed by atoms with Crippen LogP contribution >= 0.6 is 11.6 Å². The van der Waals surface area contributed by atoms with E-state index in [0.717, 1.165) is 29.6 Å². The lowest BCUT2D eigenvalue weighted by atomic mass is 10.1. The zero-order chi connectivity index (χ0) is 15.7. The number of imidazole rings is 1. The van der Waals surface area contributed by atoms with E-state index < -0.39 is 0 Å². The van der Waals surface area contributed by atoms with Gasteiger partial charge in [0.1, 0.15) is 6.33 Å². The van der Waals surface area contributed by atoms with Crippen LogP contribution in [0.15, 0.2) is 30.9 Å². The van der Waals surface area contributed by atoms with E-state index in [-0.39, 0.29) is 0 Å². The lowest BCUT2D eigenvalue weighted by molar-refractivity contribution is 0.412. The molecule has 0 aliphatic carbocycles. The minimum absolute atomic E-state index is 0.526. The van der Waals surface area contributed by atoms with Crippen LogP contribution < -0.4 is 5.73 Å². The summed E-state index contributed by atoms with van der Waals surface area (Å²) in [6.07, 6.45) is 5.95. The van der Waals surface area contributed by atoms with E-state index in [1.165, 1.54) is 0 Å². The molecule has 0 saturated carbocycles. The van der Waals surface area contributed by atoms with Crippen LogP contribution in [0.25, 0.3) is 16.9 Å². The zero-order valence-electron chi connectivity index (χ0n) is 12.5. The molecule has 1 aromatic carbocycles. The van der Waals surface area contributed by atoms with E-state index in [1.807, 2.05) is 26.4 Å². The van der Waals surface area contributed by atoms with E-state index in [2.05, 4.69) is 19.9 Å². The van der Waals surface area contributed by atoms with Gasteiger partial charge in [0.2, 0.25) is 5.95 Å². The highest BCUT2D eigenvalue weighted by Crippen LogP contribution is 2.30. The highest BCUT2D eigenvalue weighted by atomic mass is 35.5. The fourth-order valence-electron chi connectivity index (χ4n) is 2.29. The molecule has 0 unspecified atom stereocenters. The molecule has 0 aliphatic rings. The third-order valence-corrected chi connectivity index (χ3v) is 3.78. The van der Waals surface area contributed by atoms with E-state index >= 15 is 0 Å². The number of rotatable bonds is 4. The van der Waals surface area contributed by atoms with Crippen LogP contribution in [0, 0.1) is 0 Å². The summed E-state index contributed by atoms with van der Waals surface area (Å²) in [5, 5.41) is 1.36. The van der Waals surface area contributed by atoms with Crippen molar-refractivity contribution in [2.24, 2.45) is 0 Å². The summed E-state index contributed by atoms with van der Waals surface area (Å²) in [6.45, 7) is 0.863. The highest BCUT2D eigenvalue weighted by molar-refractivity contribution is 6.34. The first-order valence-corrected chi connectivity index (χ1v) is 7.31. The van der Waals surface area contributed by atoms with Gasteiger partial charge in [-0.25, -0.2) is 15.0 Å². The number of anilines is 1. The minimum atomic E-state index is 0.526. The lowest BCUT2D eigenvalue weighted by Crippen LogP contribution is -2.17. The molecular weight excluding hydrogens is 300 g/mol. The predicted octanol–water partition coefficient (Wildman–Crippen LogP) is 2.16. The Morgan fingerprint density at radius 2 is 2.09 bits per heavy atom. The van der Waals surface area contributed by atoms with E-state index in [9.17, 15) is 0 Å². The van der Waals surface area contributed by atoms with Crippen molar-refractivity contribution < 1.29 is 0 Å². The fourth-order valence-corrected chi connectivity index (χ4v) is 2.45. The molecule has 0 saturated heterocycles. The highest BCUT2D eigenvalue weighted by Gasteiger charge is 2.13. The van der Waals surface area contributed by atoms with Gasteiger partial charge in [-0.05, 0) is 26.2 Å². The number of nitrogens with zero attached hydrogens (tertiary/aromatic N) is 5. The average molecular weight is 317 g/mol. The van der Waals surface area contributed by atoms with Crippen LogP contribution in [0.2, 0.25) is 5.02 Å². The van der Waals surface area contributed by atoms with Crippen LogP contribution in [0.5, 0.6) is 0 Å². The molecule has 0 radical (unpaired) electrons. The van der Waals surface area contributed by atoms with Gasteiger partial charge in [0, 0.05) is 30.7 Å². The van der Waals surface area contributed by atoms with Gasteiger partial charge < -0.3 is 10.6 Å². The Hall–Kier alpha value is -2.18. The number of nitrogens with two attached hydrogens (primary N) is 1. The number of halogens is 1. The summed E-state index contributed by atoms with van der Waals surface area (Å²) in [5.74, 6) is 0.584. The molecule has 3 rings (SSSR count). The summed E-state index contributed by atoms with van der Waals surface area (Å²) >= 11 is 6.16. The monoisotopic (exact) mass is 316 g/mol. The van der Waals surface area contributed by atoms with Crippen LogP contribution in [0.1, 0.15) is 5.69 Å². The summed E-state index contributed by atoms with van der Waals surface area (Å²) in [4.78, 5) is 15.4. The average Bonchev–Trinajstić information content (AvgIpc) is 3.02. The van der Waals surface area contributed by atoms with Gasteiger partial charge in [-0.15, -0.1) is 0 Å². The number of nitrogen functional groups attached to an aromatic ring is 1. The second-order valence-electron chi connectivity index (χ2n) is 5.35. The van der Waals surface area contributed by atoms with Gasteiger partial charge in [0.25, 0.3) is 0 Å². The molecule has 2 heterocycles. The minimum Gasteiger partial charge on any atom is -0.397 e. The standard InChI is InChI=1S/C15H17ClN6/c1-21(2)7-5-12-13-11(4-3-10(16)14(13)17)19-15(20-12)22-8-6-18-9-22/h3-4,6,8-9H,5,7,17H2,1-2H3. The first-order valence-electron chi connectivity index (χ1n) is 6.94. The van der Waals surface area contributed by atoms with Gasteiger partial charge in [-0.1, -0.05) is 11.6 Å². The number of likely N-dealkylation sites (N-methyl/N-ethyl adjacent to an activating group) is 1. The van der Waals surface area contributed by atoms with Crippen LogP contribution in [-0.4, -0.2) is 45.1 Å². The quantitative estimate of drug-likeness (QED) is 0.747. The molecule has 0 amide bonds. The molecule has 0 aliphatic heterocycles. The Bertz CT molecular complexity index is 797. The Kier molecular flexibility index (Phi) is 3.96. The molecule has 2 N–H and O–H groups in total. The Morgan fingerprint density at radius 1 is 1.27 bits per heavy atom. The van der Waals surface area contributed by atoms with Gasteiger partial charge in [-0.2, -0.15) is 0 Å². The number of hydrogen-bond acceptors (Lipinski definition) is 5. The molecular formula is C15H17ClN6. The van der Waals surface area contributed by atoms with Crippen LogP contribution in [-0.2, 0) is 6.42 Å². The molecule has 0 spiro atoms. The van der Waals surface area contributed by atoms with Crippen molar-refractivity contribution in [1.82, 2.24) is 24.4 Å². The van der Waals surface area contributed by atoms with Crippen molar-refractivity contribution in [3.8, 4) is 5.95 Å². The van der Waals surface area contributed by atoms with E-state index in [0.29, 0.717) is 16.7 Å². The number of hydrogen-bond donors (Lipinski definition) is 1. The summed E-state index contributed by atoms with van der Waals surface area (Å²) in [5.41, 5.74) is 8.36. The first kappa shape index (κ1) is 14.7. The Balaban J connectivity index is 2.20. The number of aromatic nitrogens is 4. The molecule has 22 heavy (non-hydrogen) atoms. The molecule has 2 aromatic heterocycles. The lowest BCUT2D eigenvalue weighted by Gasteiger charge is -2.14. The van der Waals surface area contributed by atoms with Gasteiger partial charge in [0.15, 0.2) is 0 Å². The third kappa shape index (κ3) is 2.75. The molecule has 7 heteroatoms. The number of benzene rings is 1. The summed E-state index contributed by atoms with van der Waals surface area (Å²) in [7, 11) is 4.05. The molecule has 0 atom stereocenters. The maximum atomic E-state index is 6.16. The smallest absolute Gasteiger partial charge is 0.235 e. The normalized spacial score (nSPS) is 11.5. The second-order valence-corrected chi connectivity index (χ2v) is 5.76. The SMILES string of the molecule is CN(C)CCc1nc(-n2ccnc2)nc2ccc(Cl)c(N)c12. The topological polar surface area (TPSA) is 72.9 Å². The second kappa shape index (κ2) is 5.90. The largest absolute Gasteiger partial charge is 0.397 e. The van der Waals surface area contributed by atoms with Gasteiger partial charge in [-0.3, -0.25) is 4.57 Å². The predicted molar refractivity (Wildman–Crippen MR) is 88.3 cm³/mol. The third-order valence-electron chi connectivity index (χ3n) is 3.45. The molecule has 6 nitrogen and oxygen atoms in total. The maximum Gasteiger partial charge on any atom is 0.235 e. The van der Waals surface area contributed by atoms with Crippen molar-refractivity contribution in [2.45, 2.75) is 6.42 Å². The van der Waals surface area contributed by atoms with Gasteiger partial charge in [0.05, 0.1) is 21.9 Å². The molecule has 0 bridgehead atoms. The van der Waals surface area contributed by atoms with Crippen molar-refractivity contribution in [1.29, 1.82) is 0 Å². The maximum absolute atomic E-state index is 6.16. The summed E-state index contributed by atoms with van der Waals surface area (Å²) in [6, 6.07) is 3.63. The van der Waals surface area contributed by atoms with Crippen LogP contribution in [0.3, 0.4) is 0 Å². The fraction of sp³-hybridized carbons (Fsp3) is 0.267. The van der Waals surface area contributed by atoms with Gasteiger partial charge >= 0.3 is 0 Å². The first-order chi connectivity index (χ1) is 10.6. The van der Waals surface area contributed by atoms with E-state index in [4.69, 9.17) is 17.3 Å². The number of fused-ring (bicyclic) bond motifs is 1. The zero-order valence-corrected chi connectivity index (χ0v) is 13.2. The van der Waals surface area contributed by atoms with Crippen molar-refractivity contribution in [3.63, 3.8) is 0 Å². The van der Waals surface area contributed by atoms with Crippen molar-refractivity contribution >= 4 is 28.2 Å².